The molecule has 2 aromatic carbocycles. The van der Waals surface area contributed by atoms with Crippen molar-refractivity contribution in [3.8, 4) is 5.69 Å². The van der Waals surface area contributed by atoms with Gasteiger partial charge in [0.25, 0.3) is 15.7 Å². The van der Waals surface area contributed by atoms with E-state index in [-0.39, 0.29) is 27.1 Å². The molecule has 0 N–H and O–H groups in total. The Kier molecular flexibility index (Phi) is 4.81. The Labute approximate surface area is 162 Å². The lowest BCUT2D eigenvalue weighted by Gasteiger charge is -2.05. The normalized spacial score (nSPS) is 11.5. The summed E-state index contributed by atoms with van der Waals surface area (Å²) in [6.45, 7) is 1.34. The molecule has 0 aliphatic heterocycles. The van der Waals surface area contributed by atoms with Crippen LogP contribution in [0.15, 0.2) is 52.2 Å². The average molecular weight is 429 g/mol. The largest absolute Gasteiger partial charge is 0.365 e. The average Bonchev–Trinajstić information content (AvgIpc) is 2.90. The molecule has 12 heteroatoms. The van der Waals surface area contributed by atoms with Crippen molar-refractivity contribution in [1.29, 1.82) is 0 Å². The van der Waals surface area contributed by atoms with E-state index in [0.29, 0.717) is 9.00 Å². The quantitative estimate of drug-likeness (QED) is 0.465. The Morgan fingerprint density at radius 1 is 1.11 bits per heavy atom. The Balaban J connectivity index is 2.16. The first-order valence-corrected chi connectivity index (χ1v) is 9.46. The summed E-state index contributed by atoms with van der Waals surface area (Å²) in [5, 5.41) is 15.1. The highest BCUT2D eigenvalue weighted by Gasteiger charge is 2.26. The van der Waals surface area contributed by atoms with E-state index in [1.54, 1.807) is 0 Å². The molecule has 0 radical (unpaired) electrons. The molecular formula is C15H10Cl2N4O5S. The molecule has 27 heavy (non-hydrogen) atoms. The van der Waals surface area contributed by atoms with Gasteiger partial charge >= 0.3 is 5.69 Å². The molecule has 0 amide bonds. The van der Waals surface area contributed by atoms with Crippen LogP contribution in [0, 0.1) is 17.0 Å². The van der Waals surface area contributed by atoms with Gasteiger partial charge in [-0.05, 0) is 37.3 Å². The van der Waals surface area contributed by atoms with Gasteiger partial charge in [-0.3, -0.25) is 10.1 Å². The van der Waals surface area contributed by atoms with Gasteiger partial charge in [0.05, 0.1) is 20.5 Å². The van der Waals surface area contributed by atoms with Gasteiger partial charge in [-0.25, -0.2) is 13.2 Å². The molecule has 0 spiro atoms. The monoisotopic (exact) mass is 428 g/mol. The van der Waals surface area contributed by atoms with Crippen LogP contribution >= 0.6 is 23.2 Å². The molecule has 0 unspecified atom stereocenters. The highest BCUT2D eigenvalue weighted by Crippen LogP contribution is 2.24. The maximum absolute atomic E-state index is 12.8. The van der Waals surface area contributed by atoms with E-state index < -0.39 is 20.6 Å². The molecule has 140 valence electrons. The molecule has 1 heterocycles. The molecule has 1 aromatic heterocycles. The first-order valence-electron chi connectivity index (χ1n) is 7.27. The molecule has 9 nitrogen and oxygen atoms in total. The number of non-ortho nitro benzene ring substituents is 1. The lowest BCUT2D eigenvalue weighted by Crippen LogP contribution is -2.30. The van der Waals surface area contributed by atoms with Crippen LogP contribution in [-0.4, -0.2) is 27.1 Å². The standard InChI is InChI=1S/C15H10Cl2N4O5S/c1-9-18-19(14-7-2-10(16)8-13(14)17)15(22)20(9)27(25,26)12-5-3-11(4-6-12)21(23)24/h2-8H,1H3. The number of rotatable bonds is 4. The van der Waals surface area contributed by atoms with Crippen molar-refractivity contribution in [2.75, 3.05) is 0 Å². The van der Waals surface area contributed by atoms with Gasteiger partial charge in [-0.15, -0.1) is 5.10 Å². The van der Waals surface area contributed by atoms with Gasteiger partial charge in [0.15, 0.2) is 0 Å². The number of nitro groups is 1. The van der Waals surface area contributed by atoms with Crippen molar-refractivity contribution in [1.82, 2.24) is 13.8 Å². The summed E-state index contributed by atoms with van der Waals surface area (Å²) in [4.78, 5) is 22.5. The highest BCUT2D eigenvalue weighted by molar-refractivity contribution is 7.90. The zero-order valence-electron chi connectivity index (χ0n) is 13.5. The molecule has 0 aliphatic carbocycles. The second-order valence-electron chi connectivity index (χ2n) is 5.36. The predicted molar refractivity (Wildman–Crippen MR) is 98.3 cm³/mol. The summed E-state index contributed by atoms with van der Waals surface area (Å²) in [7, 11) is -4.32. The SMILES string of the molecule is Cc1nn(-c2ccc(Cl)cc2Cl)c(=O)n1S(=O)(=O)c1ccc([N+](=O)[O-])cc1. The van der Waals surface area contributed by atoms with E-state index in [4.69, 9.17) is 23.2 Å². The fourth-order valence-corrected chi connectivity index (χ4v) is 4.23. The van der Waals surface area contributed by atoms with Crippen molar-refractivity contribution < 1.29 is 13.3 Å². The van der Waals surface area contributed by atoms with Crippen LogP contribution in [0.25, 0.3) is 5.69 Å². The zero-order chi connectivity index (χ0) is 19.9. The van der Waals surface area contributed by atoms with Crippen LogP contribution in [0.2, 0.25) is 10.0 Å². The first kappa shape index (κ1) is 19.1. The summed E-state index contributed by atoms with van der Waals surface area (Å²) < 4.78 is 27.0. The number of aromatic nitrogens is 3. The second kappa shape index (κ2) is 6.80. The van der Waals surface area contributed by atoms with Crippen molar-refractivity contribution in [2.45, 2.75) is 11.8 Å². The Bertz CT molecular complexity index is 1220. The fourth-order valence-electron chi connectivity index (χ4n) is 2.38. The number of hydrogen-bond donors (Lipinski definition) is 0. The Morgan fingerprint density at radius 3 is 2.30 bits per heavy atom. The van der Waals surface area contributed by atoms with Gasteiger partial charge in [-0.2, -0.15) is 8.65 Å². The third-order valence-electron chi connectivity index (χ3n) is 3.62. The van der Waals surface area contributed by atoms with Crippen LogP contribution in [-0.2, 0) is 10.0 Å². The zero-order valence-corrected chi connectivity index (χ0v) is 15.9. The number of nitro benzene ring substituents is 1. The maximum Gasteiger partial charge on any atom is 0.365 e. The molecule has 0 bridgehead atoms. The van der Waals surface area contributed by atoms with Crippen LogP contribution < -0.4 is 5.69 Å². The van der Waals surface area contributed by atoms with E-state index in [1.807, 2.05) is 0 Å². The summed E-state index contributed by atoms with van der Waals surface area (Å²) in [5.41, 5.74) is -1.08. The van der Waals surface area contributed by atoms with Gasteiger partial charge in [-0.1, -0.05) is 23.2 Å². The van der Waals surface area contributed by atoms with Crippen molar-refractivity contribution in [3.63, 3.8) is 0 Å². The minimum absolute atomic E-state index is 0.107. The Morgan fingerprint density at radius 2 is 1.74 bits per heavy atom. The number of benzene rings is 2. The second-order valence-corrected chi connectivity index (χ2v) is 7.99. The molecule has 0 atom stereocenters. The maximum atomic E-state index is 12.8. The van der Waals surface area contributed by atoms with Crippen LogP contribution in [0.1, 0.15) is 5.82 Å². The molecule has 3 aromatic rings. The van der Waals surface area contributed by atoms with Crippen molar-refractivity contribution in [3.05, 3.63) is 78.9 Å². The van der Waals surface area contributed by atoms with Crippen LogP contribution in [0.4, 0.5) is 5.69 Å². The van der Waals surface area contributed by atoms with Gasteiger partial charge in [0.1, 0.15) is 5.82 Å². The van der Waals surface area contributed by atoms with Crippen LogP contribution in [0.5, 0.6) is 0 Å². The third-order valence-corrected chi connectivity index (χ3v) is 5.92. The van der Waals surface area contributed by atoms with Gasteiger partial charge in [0, 0.05) is 17.2 Å². The number of aryl methyl sites for hydroxylation is 1. The van der Waals surface area contributed by atoms with Gasteiger partial charge < -0.3 is 0 Å². The third kappa shape index (κ3) is 3.34. The summed E-state index contributed by atoms with van der Waals surface area (Å²) in [5.74, 6) is -0.107. The van der Waals surface area contributed by atoms with E-state index in [0.717, 1.165) is 28.9 Å². The van der Waals surface area contributed by atoms with Gasteiger partial charge in [0.2, 0.25) is 0 Å². The fraction of sp³-hybridized carbons (Fsp3) is 0.0667. The van der Waals surface area contributed by atoms with E-state index in [2.05, 4.69) is 5.10 Å². The first-order chi connectivity index (χ1) is 12.6. The predicted octanol–water partition coefficient (Wildman–Crippen LogP) is 2.79. The summed E-state index contributed by atoms with van der Waals surface area (Å²) in [6, 6.07) is 8.47. The van der Waals surface area contributed by atoms with E-state index >= 15 is 0 Å². The summed E-state index contributed by atoms with van der Waals surface area (Å²) in [6.07, 6.45) is 0. The van der Waals surface area contributed by atoms with Crippen molar-refractivity contribution in [2.24, 2.45) is 0 Å². The minimum Gasteiger partial charge on any atom is -0.258 e. The molecule has 0 fully saturated rings. The van der Waals surface area contributed by atoms with Crippen molar-refractivity contribution >= 4 is 38.9 Å². The number of hydrogen-bond acceptors (Lipinski definition) is 6. The van der Waals surface area contributed by atoms with E-state index in [9.17, 15) is 23.3 Å². The Hall–Kier alpha value is -2.69. The number of nitrogens with zero attached hydrogens (tertiary/aromatic N) is 4. The molecule has 3 rings (SSSR count). The highest BCUT2D eigenvalue weighted by atomic mass is 35.5. The van der Waals surface area contributed by atoms with E-state index in [1.165, 1.54) is 25.1 Å². The lowest BCUT2D eigenvalue weighted by atomic mass is 10.3. The lowest BCUT2D eigenvalue weighted by molar-refractivity contribution is -0.384. The molecule has 0 saturated carbocycles. The summed E-state index contributed by atoms with van der Waals surface area (Å²) >= 11 is 11.9. The minimum atomic E-state index is -4.32. The smallest absolute Gasteiger partial charge is 0.258 e. The molecule has 0 aliphatic rings. The molecule has 0 saturated heterocycles. The molecular weight excluding hydrogens is 419 g/mol. The van der Waals surface area contributed by atoms with Crippen LogP contribution in [0.3, 0.4) is 0 Å². The topological polar surface area (TPSA) is 117 Å². The number of halogens is 2.